The molecule has 1 amide bonds. The third-order valence-corrected chi connectivity index (χ3v) is 8.29. The Kier molecular flexibility index (Phi) is 7.54. The molecule has 1 atom stereocenters. The predicted molar refractivity (Wildman–Crippen MR) is 167 cm³/mol. The summed E-state index contributed by atoms with van der Waals surface area (Å²) in [5, 5.41) is 14.2. The molecular formula is C33H26N4O6S. The average Bonchev–Trinajstić information content (AvgIpc) is 3.60. The summed E-state index contributed by atoms with van der Waals surface area (Å²) in [5.74, 6) is 1.05. The number of carbonyl (C=O) groups is 1. The Labute approximate surface area is 255 Å². The summed E-state index contributed by atoms with van der Waals surface area (Å²) < 4.78 is 13.3. The number of aryl methyl sites for hydroxylation is 1. The molecule has 0 fully saturated rings. The van der Waals surface area contributed by atoms with E-state index in [9.17, 15) is 19.7 Å². The molecule has 0 spiro atoms. The van der Waals surface area contributed by atoms with Crippen molar-refractivity contribution in [3.05, 3.63) is 143 Å². The molecule has 1 N–H and O–H groups in total. The van der Waals surface area contributed by atoms with Gasteiger partial charge in [-0.1, -0.05) is 47.7 Å². The number of hydrogen-bond acceptors (Lipinski definition) is 8. The summed E-state index contributed by atoms with van der Waals surface area (Å²) in [6.45, 7) is 3.59. The number of aromatic nitrogens is 1. The van der Waals surface area contributed by atoms with Crippen LogP contribution in [0.5, 0.6) is 5.75 Å². The fourth-order valence-corrected chi connectivity index (χ4v) is 6.18. The first kappa shape index (κ1) is 28.6. The summed E-state index contributed by atoms with van der Waals surface area (Å²) in [7, 11) is 1.56. The largest absolute Gasteiger partial charge is 0.497 e. The minimum absolute atomic E-state index is 0.0446. The van der Waals surface area contributed by atoms with Gasteiger partial charge < -0.3 is 14.5 Å². The lowest BCUT2D eigenvalue weighted by molar-refractivity contribution is -0.384. The van der Waals surface area contributed by atoms with E-state index < -0.39 is 11.0 Å². The number of allylic oxidation sites excluding steroid dienone is 1. The highest BCUT2D eigenvalue weighted by Gasteiger charge is 2.33. The van der Waals surface area contributed by atoms with Gasteiger partial charge >= 0.3 is 0 Å². The lowest BCUT2D eigenvalue weighted by atomic mass is 9.95. The van der Waals surface area contributed by atoms with E-state index in [0.717, 1.165) is 5.56 Å². The second kappa shape index (κ2) is 11.6. The van der Waals surface area contributed by atoms with Gasteiger partial charge in [-0.25, -0.2) is 4.99 Å². The van der Waals surface area contributed by atoms with E-state index in [2.05, 4.69) is 10.3 Å². The van der Waals surface area contributed by atoms with Gasteiger partial charge in [0.2, 0.25) is 0 Å². The summed E-state index contributed by atoms with van der Waals surface area (Å²) in [6.07, 6.45) is 1.62. The third-order valence-electron chi connectivity index (χ3n) is 7.31. The molecule has 0 bridgehead atoms. The number of para-hydroxylation sites is 1. The zero-order valence-electron chi connectivity index (χ0n) is 23.9. The standard InChI is InChI=1S/C33H26N4O6S/c1-19-12-13-23(37(40)41)17-26(19)27-15-14-25(43-27)18-28-32(39)36-30(21-8-7-11-24(16-21)42-3)29(20(2)34-33(36)44-28)31(38)35-22-9-5-4-6-10-22/h4-18,30H,1-3H3,(H,35,38)/b28-18-/t30-/m0/s1. The summed E-state index contributed by atoms with van der Waals surface area (Å²) >= 11 is 1.18. The van der Waals surface area contributed by atoms with Gasteiger partial charge in [0, 0.05) is 29.5 Å². The van der Waals surface area contributed by atoms with Crippen LogP contribution >= 0.6 is 11.3 Å². The van der Waals surface area contributed by atoms with Gasteiger partial charge in [0.1, 0.15) is 17.3 Å². The fourth-order valence-electron chi connectivity index (χ4n) is 5.15. The molecule has 44 heavy (non-hydrogen) atoms. The molecule has 0 aliphatic carbocycles. The highest BCUT2D eigenvalue weighted by molar-refractivity contribution is 7.07. The number of thiazole rings is 1. The fraction of sp³-hybridized carbons (Fsp3) is 0.121. The number of hydrogen-bond donors (Lipinski definition) is 1. The summed E-state index contributed by atoms with van der Waals surface area (Å²) in [6, 6.07) is 23.6. The maximum Gasteiger partial charge on any atom is 0.271 e. The van der Waals surface area contributed by atoms with E-state index >= 15 is 0 Å². The zero-order valence-corrected chi connectivity index (χ0v) is 24.8. The number of nitro groups is 1. The van der Waals surface area contributed by atoms with Crippen LogP contribution in [-0.2, 0) is 4.79 Å². The van der Waals surface area contributed by atoms with Crippen LogP contribution in [0.3, 0.4) is 0 Å². The van der Waals surface area contributed by atoms with Crippen molar-refractivity contribution in [2.75, 3.05) is 12.4 Å². The smallest absolute Gasteiger partial charge is 0.271 e. The second-order valence-electron chi connectivity index (χ2n) is 10.1. The van der Waals surface area contributed by atoms with Crippen molar-refractivity contribution in [2.45, 2.75) is 19.9 Å². The molecule has 3 heterocycles. The quantitative estimate of drug-likeness (QED) is 0.196. The molecule has 11 heteroatoms. The average molecular weight is 607 g/mol. The molecule has 1 aliphatic rings. The van der Waals surface area contributed by atoms with Gasteiger partial charge in [-0.15, -0.1) is 0 Å². The number of non-ortho nitro benzene ring substituents is 1. The molecule has 1 aliphatic heterocycles. The van der Waals surface area contributed by atoms with Crippen LogP contribution in [0.2, 0.25) is 0 Å². The Morgan fingerprint density at radius 3 is 2.61 bits per heavy atom. The topological polar surface area (TPSA) is 129 Å². The van der Waals surface area contributed by atoms with Gasteiger partial charge in [0.05, 0.1) is 33.9 Å². The Balaban J connectivity index is 1.45. The van der Waals surface area contributed by atoms with Crippen molar-refractivity contribution >= 4 is 34.7 Å². The molecule has 0 radical (unpaired) electrons. The number of benzene rings is 3. The number of methoxy groups -OCH3 is 1. The van der Waals surface area contributed by atoms with Gasteiger partial charge in [0.15, 0.2) is 4.80 Å². The maximum atomic E-state index is 14.0. The van der Waals surface area contributed by atoms with E-state index in [1.165, 1.54) is 28.0 Å². The summed E-state index contributed by atoms with van der Waals surface area (Å²) in [5.41, 5.74) is 3.13. The molecular weight excluding hydrogens is 580 g/mol. The van der Waals surface area contributed by atoms with Crippen LogP contribution in [0.4, 0.5) is 11.4 Å². The van der Waals surface area contributed by atoms with Gasteiger partial charge in [0.25, 0.3) is 17.2 Å². The Morgan fingerprint density at radius 1 is 1.07 bits per heavy atom. The monoisotopic (exact) mass is 606 g/mol. The molecule has 0 saturated carbocycles. The first-order valence-electron chi connectivity index (χ1n) is 13.6. The lowest BCUT2D eigenvalue weighted by Crippen LogP contribution is -2.40. The minimum atomic E-state index is -0.771. The van der Waals surface area contributed by atoms with Crippen LogP contribution < -0.4 is 24.9 Å². The highest BCUT2D eigenvalue weighted by atomic mass is 32.1. The van der Waals surface area contributed by atoms with E-state index in [-0.39, 0.29) is 17.2 Å². The number of amides is 1. The number of rotatable bonds is 7. The molecule has 220 valence electrons. The Hall–Kier alpha value is -5.55. The normalized spacial score (nSPS) is 14.6. The molecule has 0 unspecified atom stereocenters. The maximum absolute atomic E-state index is 14.0. The number of carbonyl (C=O) groups excluding carboxylic acids is 1. The second-order valence-corrected chi connectivity index (χ2v) is 11.1. The Bertz CT molecular complexity index is 2140. The van der Waals surface area contributed by atoms with Gasteiger partial charge in [-0.3, -0.25) is 24.3 Å². The van der Waals surface area contributed by atoms with Crippen LogP contribution in [0.25, 0.3) is 17.4 Å². The van der Waals surface area contributed by atoms with Gasteiger partial charge in [-0.05, 0) is 61.4 Å². The molecule has 10 nitrogen and oxygen atoms in total. The van der Waals surface area contributed by atoms with Crippen molar-refractivity contribution in [1.29, 1.82) is 0 Å². The molecule has 6 rings (SSSR count). The van der Waals surface area contributed by atoms with Crippen molar-refractivity contribution in [2.24, 2.45) is 4.99 Å². The third kappa shape index (κ3) is 5.36. The summed E-state index contributed by atoms with van der Waals surface area (Å²) in [4.78, 5) is 43.7. The van der Waals surface area contributed by atoms with E-state index in [1.807, 2.05) is 37.3 Å². The van der Waals surface area contributed by atoms with Crippen molar-refractivity contribution in [3.63, 3.8) is 0 Å². The predicted octanol–water partition coefficient (Wildman–Crippen LogP) is 5.36. The van der Waals surface area contributed by atoms with Crippen molar-refractivity contribution < 1.29 is 18.9 Å². The van der Waals surface area contributed by atoms with E-state index in [0.29, 0.717) is 54.7 Å². The number of fused-ring (bicyclic) bond motifs is 1. The molecule has 2 aromatic heterocycles. The number of furan rings is 1. The Morgan fingerprint density at radius 2 is 1.86 bits per heavy atom. The van der Waals surface area contributed by atoms with Crippen molar-refractivity contribution in [1.82, 2.24) is 4.57 Å². The van der Waals surface area contributed by atoms with Crippen molar-refractivity contribution in [3.8, 4) is 17.1 Å². The van der Waals surface area contributed by atoms with Crippen LogP contribution in [0.15, 0.2) is 110 Å². The highest BCUT2D eigenvalue weighted by Crippen LogP contribution is 2.33. The zero-order chi connectivity index (χ0) is 31.0. The van der Waals surface area contributed by atoms with E-state index in [1.54, 1.807) is 62.6 Å². The number of anilines is 1. The SMILES string of the molecule is COc1cccc([C@H]2C(C(=O)Nc3ccccc3)=C(C)N=c3s/c(=C\c4ccc(-c5cc([N+](=O)[O-])ccc5C)o4)c(=O)n32)c1. The van der Waals surface area contributed by atoms with Crippen LogP contribution in [0.1, 0.15) is 29.9 Å². The number of nitrogens with zero attached hydrogens (tertiary/aromatic N) is 3. The van der Waals surface area contributed by atoms with E-state index in [4.69, 9.17) is 9.15 Å². The first-order chi connectivity index (χ1) is 21.2. The number of nitro benzene ring substituents is 1. The van der Waals surface area contributed by atoms with Gasteiger partial charge in [-0.2, -0.15) is 0 Å². The minimum Gasteiger partial charge on any atom is -0.497 e. The first-order valence-corrected chi connectivity index (χ1v) is 14.4. The molecule has 5 aromatic rings. The molecule has 3 aromatic carbocycles. The lowest BCUT2D eigenvalue weighted by Gasteiger charge is -2.25. The molecule has 0 saturated heterocycles. The number of ether oxygens (including phenoxy) is 1. The van der Waals surface area contributed by atoms with Crippen LogP contribution in [-0.4, -0.2) is 22.5 Å². The van der Waals surface area contributed by atoms with Crippen LogP contribution in [0, 0.1) is 17.0 Å². The number of nitrogens with one attached hydrogen (secondary N) is 1.